The summed E-state index contributed by atoms with van der Waals surface area (Å²) in [5.74, 6) is 0.692. The Labute approximate surface area is 144 Å². The van der Waals surface area contributed by atoms with Crippen molar-refractivity contribution in [1.29, 1.82) is 0 Å². The summed E-state index contributed by atoms with van der Waals surface area (Å²) in [6.07, 6.45) is 0.677. The van der Waals surface area contributed by atoms with E-state index >= 15 is 0 Å². The lowest BCUT2D eigenvalue weighted by Gasteiger charge is -2.20. The van der Waals surface area contributed by atoms with Crippen molar-refractivity contribution in [2.45, 2.75) is 45.1 Å². The second-order valence-electron chi connectivity index (χ2n) is 6.01. The van der Waals surface area contributed by atoms with E-state index in [0.717, 1.165) is 16.7 Å². The predicted molar refractivity (Wildman–Crippen MR) is 97.0 cm³/mol. The Morgan fingerprint density at radius 1 is 1.00 bits per heavy atom. The van der Waals surface area contributed by atoms with Gasteiger partial charge in [0.25, 0.3) is 0 Å². The normalized spacial score (nSPS) is 12.9. The quantitative estimate of drug-likeness (QED) is 0.858. The molecule has 0 aliphatic rings. The molecule has 0 spiro atoms. The number of ether oxygens (including phenoxy) is 1. The third kappa shape index (κ3) is 3.79. The third-order valence-electron chi connectivity index (χ3n) is 4.38. The van der Waals surface area contributed by atoms with Crippen molar-refractivity contribution in [3.05, 3.63) is 58.7 Å². The van der Waals surface area contributed by atoms with Crippen LogP contribution in [0.2, 0.25) is 0 Å². The van der Waals surface area contributed by atoms with Crippen LogP contribution in [0.25, 0.3) is 0 Å². The fourth-order valence-electron chi connectivity index (χ4n) is 2.72. The van der Waals surface area contributed by atoms with Gasteiger partial charge in [-0.25, -0.2) is 13.1 Å². The number of hydrogen-bond acceptors (Lipinski definition) is 3. The largest absolute Gasteiger partial charge is 0.496 e. The van der Waals surface area contributed by atoms with E-state index in [1.54, 1.807) is 26.2 Å². The van der Waals surface area contributed by atoms with Crippen molar-refractivity contribution in [3.63, 3.8) is 0 Å². The number of nitrogens with one attached hydrogen (secondary N) is 1. The summed E-state index contributed by atoms with van der Waals surface area (Å²) < 4.78 is 33.8. The predicted octanol–water partition coefficient (Wildman–Crippen LogP) is 4.05. The fourth-order valence-corrected chi connectivity index (χ4v) is 4.33. The van der Waals surface area contributed by atoms with Gasteiger partial charge in [0, 0.05) is 6.04 Å². The summed E-state index contributed by atoms with van der Waals surface area (Å²) >= 11 is 0. The lowest BCUT2D eigenvalue weighted by molar-refractivity contribution is 0.410. The van der Waals surface area contributed by atoms with Gasteiger partial charge in [-0.2, -0.15) is 0 Å². The number of hydrogen-bond donors (Lipinski definition) is 1. The van der Waals surface area contributed by atoms with E-state index in [1.165, 1.54) is 0 Å². The molecule has 0 bridgehead atoms. The fraction of sp³-hybridized carbons (Fsp3) is 0.368. The van der Waals surface area contributed by atoms with Crippen molar-refractivity contribution >= 4 is 10.0 Å². The number of sulfonamides is 1. The Hall–Kier alpha value is -1.85. The molecule has 0 aliphatic heterocycles. The van der Waals surface area contributed by atoms with E-state index in [9.17, 15) is 8.42 Å². The SMILES string of the molecule is CCC(NS(=O)(=O)c1ccc(OC)c(C)c1C)c1ccc(C)cc1. The number of aryl methyl sites for hydroxylation is 1. The van der Waals surface area contributed by atoms with Gasteiger partial charge in [-0.15, -0.1) is 0 Å². The first kappa shape index (κ1) is 18.5. The maximum absolute atomic E-state index is 12.9. The Morgan fingerprint density at radius 2 is 1.62 bits per heavy atom. The van der Waals surface area contributed by atoms with Crippen LogP contribution in [0, 0.1) is 20.8 Å². The van der Waals surface area contributed by atoms with Crippen LogP contribution >= 0.6 is 0 Å². The topological polar surface area (TPSA) is 55.4 Å². The number of methoxy groups -OCH3 is 1. The van der Waals surface area contributed by atoms with E-state index in [1.807, 2.05) is 45.0 Å². The summed E-state index contributed by atoms with van der Waals surface area (Å²) in [5.41, 5.74) is 3.66. The zero-order valence-corrected chi connectivity index (χ0v) is 15.7. The minimum Gasteiger partial charge on any atom is -0.496 e. The molecule has 130 valence electrons. The molecule has 0 saturated carbocycles. The van der Waals surface area contributed by atoms with Gasteiger partial charge in [-0.1, -0.05) is 36.8 Å². The molecule has 1 unspecified atom stereocenters. The summed E-state index contributed by atoms with van der Waals surface area (Å²) in [7, 11) is -2.03. The molecule has 24 heavy (non-hydrogen) atoms. The van der Waals surface area contributed by atoms with Gasteiger partial charge >= 0.3 is 0 Å². The van der Waals surface area contributed by atoms with Crippen molar-refractivity contribution in [3.8, 4) is 5.75 Å². The van der Waals surface area contributed by atoms with E-state index in [4.69, 9.17) is 4.74 Å². The average molecular weight is 347 g/mol. The molecular weight excluding hydrogens is 322 g/mol. The molecule has 5 heteroatoms. The summed E-state index contributed by atoms with van der Waals surface area (Å²) in [6.45, 7) is 7.65. The summed E-state index contributed by atoms with van der Waals surface area (Å²) in [5, 5.41) is 0. The molecule has 0 heterocycles. The first-order chi connectivity index (χ1) is 11.3. The van der Waals surface area contributed by atoms with Crippen LogP contribution in [-0.2, 0) is 10.0 Å². The van der Waals surface area contributed by atoms with Gasteiger partial charge in [-0.3, -0.25) is 0 Å². The van der Waals surface area contributed by atoms with Crippen LogP contribution in [0.4, 0.5) is 0 Å². The first-order valence-electron chi connectivity index (χ1n) is 8.03. The number of benzene rings is 2. The minimum absolute atomic E-state index is 0.252. The molecular formula is C19H25NO3S. The molecule has 0 radical (unpaired) electrons. The highest BCUT2D eigenvalue weighted by molar-refractivity contribution is 7.89. The van der Waals surface area contributed by atoms with Gasteiger partial charge in [0.1, 0.15) is 5.75 Å². The molecule has 2 aromatic carbocycles. The molecule has 2 rings (SSSR count). The Balaban J connectivity index is 2.36. The van der Waals surface area contributed by atoms with Crippen LogP contribution in [0.3, 0.4) is 0 Å². The zero-order valence-electron chi connectivity index (χ0n) is 14.9. The highest BCUT2D eigenvalue weighted by atomic mass is 32.2. The van der Waals surface area contributed by atoms with Gasteiger partial charge in [-0.05, 0) is 56.0 Å². The highest BCUT2D eigenvalue weighted by Gasteiger charge is 2.23. The molecule has 2 aromatic rings. The lowest BCUT2D eigenvalue weighted by atomic mass is 10.0. The lowest BCUT2D eigenvalue weighted by Crippen LogP contribution is -2.29. The summed E-state index contributed by atoms with van der Waals surface area (Å²) in [6, 6.07) is 11.0. The maximum atomic E-state index is 12.9. The highest BCUT2D eigenvalue weighted by Crippen LogP contribution is 2.28. The molecule has 1 N–H and O–H groups in total. The van der Waals surface area contributed by atoms with Crippen molar-refractivity contribution in [2.75, 3.05) is 7.11 Å². The first-order valence-corrected chi connectivity index (χ1v) is 9.51. The van der Waals surface area contributed by atoms with Gasteiger partial charge in [0.2, 0.25) is 10.0 Å². The monoisotopic (exact) mass is 347 g/mol. The standard InChI is InChI=1S/C19H25NO3S/c1-6-17(16-9-7-13(2)8-10-16)20-24(21,22)19-12-11-18(23-5)14(3)15(19)4/h7-12,17,20H,6H2,1-5H3. The maximum Gasteiger partial charge on any atom is 0.241 e. The average Bonchev–Trinajstić information content (AvgIpc) is 2.55. The van der Waals surface area contributed by atoms with Crippen LogP contribution in [0.1, 0.15) is 41.6 Å². The van der Waals surface area contributed by atoms with Gasteiger partial charge in [0.05, 0.1) is 12.0 Å². The van der Waals surface area contributed by atoms with Gasteiger partial charge < -0.3 is 4.74 Å². The molecule has 0 saturated heterocycles. The third-order valence-corrected chi connectivity index (χ3v) is 6.00. The van der Waals surface area contributed by atoms with Crippen LogP contribution < -0.4 is 9.46 Å². The Bertz CT molecular complexity index is 811. The van der Waals surface area contributed by atoms with Crippen molar-refractivity contribution in [1.82, 2.24) is 4.72 Å². The zero-order chi connectivity index (χ0) is 17.9. The van der Waals surface area contributed by atoms with Crippen molar-refractivity contribution in [2.24, 2.45) is 0 Å². The Kier molecular flexibility index (Phi) is 5.67. The van der Waals surface area contributed by atoms with E-state index in [2.05, 4.69) is 4.72 Å². The van der Waals surface area contributed by atoms with E-state index < -0.39 is 10.0 Å². The number of rotatable bonds is 6. The molecule has 4 nitrogen and oxygen atoms in total. The second-order valence-corrected chi connectivity index (χ2v) is 7.69. The molecule has 0 amide bonds. The second kappa shape index (κ2) is 7.36. The van der Waals surface area contributed by atoms with Crippen LogP contribution in [-0.4, -0.2) is 15.5 Å². The van der Waals surface area contributed by atoms with E-state index in [0.29, 0.717) is 22.6 Å². The summed E-state index contributed by atoms with van der Waals surface area (Å²) in [4.78, 5) is 0.298. The van der Waals surface area contributed by atoms with Crippen molar-refractivity contribution < 1.29 is 13.2 Å². The van der Waals surface area contributed by atoms with Crippen LogP contribution in [0.5, 0.6) is 5.75 Å². The molecule has 0 aliphatic carbocycles. The van der Waals surface area contributed by atoms with Crippen LogP contribution in [0.15, 0.2) is 41.3 Å². The van der Waals surface area contributed by atoms with Gasteiger partial charge in [0.15, 0.2) is 0 Å². The Morgan fingerprint density at radius 3 is 2.17 bits per heavy atom. The molecule has 0 aromatic heterocycles. The minimum atomic E-state index is -3.61. The smallest absolute Gasteiger partial charge is 0.241 e. The molecule has 1 atom stereocenters. The molecule has 0 fully saturated rings. The van der Waals surface area contributed by atoms with E-state index in [-0.39, 0.29) is 6.04 Å².